The molecular formula is C28H27N3O5. The number of aromatic nitrogens is 1. The Morgan fingerprint density at radius 1 is 1.17 bits per heavy atom. The van der Waals surface area contributed by atoms with E-state index in [2.05, 4.69) is 22.1 Å². The standard InChI is InChI=1S/C28H27N3O5/c1-28(2,34)13-11-18-5-10-25-24(15-18)31(3)27(33)23(17-36-25)30-26(32)22-16-20(12-14-29-22)19-6-8-21(35-4)9-7-19/h5-10,12,14-16,23,34H,17H2,1-4H3,(H,30,32)/t23-/m1/s1. The van der Waals surface area contributed by atoms with Gasteiger partial charge in [0.1, 0.15) is 35.4 Å². The van der Waals surface area contributed by atoms with E-state index in [1.807, 2.05) is 24.3 Å². The fourth-order valence-electron chi connectivity index (χ4n) is 3.65. The van der Waals surface area contributed by atoms with E-state index in [0.717, 1.165) is 16.9 Å². The largest absolute Gasteiger partial charge is 0.497 e. The van der Waals surface area contributed by atoms with Crippen molar-refractivity contribution in [2.45, 2.75) is 25.5 Å². The third-order valence-electron chi connectivity index (χ3n) is 5.59. The van der Waals surface area contributed by atoms with E-state index in [9.17, 15) is 14.7 Å². The minimum absolute atomic E-state index is 0.0330. The van der Waals surface area contributed by atoms with Crippen molar-refractivity contribution >= 4 is 17.5 Å². The van der Waals surface area contributed by atoms with Gasteiger partial charge in [0, 0.05) is 18.8 Å². The molecular weight excluding hydrogens is 458 g/mol. The van der Waals surface area contributed by atoms with E-state index >= 15 is 0 Å². The second-order valence-corrected chi connectivity index (χ2v) is 8.88. The predicted octanol–water partition coefficient (Wildman–Crippen LogP) is 3.03. The number of anilines is 1. The molecule has 8 nitrogen and oxygen atoms in total. The zero-order valence-corrected chi connectivity index (χ0v) is 20.5. The van der Waals surface area contributed by atoms with Gasteiger partial charge in [0.05, 0.1) is 12.8 Å². The van der Waals surface area contributed by atoms with E-state index in [-0.39, 0.29) is 18.2 Å². The fraction of sp³-hybridized carbons (Fsp3) is 0.250. The lowest BCUT2D eigenvalue weighted by atomic mass is 10.1. The van der Waals surface area contributed by atoms with Crippen molar-refractivity contribution in [3.05, 3.63) is 72.1 Å². The number of hydrogen-bond acceptors (Lipinski definition) is 6. The monoisotopic (exact) mass is 485 g/mol. The average Bonchev–Trinajstić information content (AvgIpc) is 2.99. The van der Waals surface area contributed by atoms with Gasteiger partial charge >= 0.3 is 0 Å². The predicted molar refractivity (Wildman–Crippen MR) is 136 cm³/mol. The lowest BCUT2D eigenvalue weighted by molar-refractivity contribution is -0.120. The van der Waals surface area contributed by atoms with E-state index in [4.69, 9.17) is 9.47 Å². The minimum atomic E-state index is -1.14. The summed E-state index contributed by atoms with van der Waals surface area (Å²) in [5.41, 5.74) is 1.91. The van der Waals surface area contributed by atoms with Crippen molar-refractivity contribution in [3.8, 4) is 34.5 Å². The van der Waals surface area contributed by atoms with E-state index in [1.165, 1.54) is 4.90 Å². The number of amides is 2. The molecule has 0 radical (unpaired) electrons. The van der Waals surface area contributed by atoms with Crippen LogP contribution in [0.25, 0.3) is 11.1 Å². The molecule has 0 saturated heterocycles. The molecule has 2 N–H and O–H groups in total. The molecule has 1 atom stereocenters. The summed E-state index contributed by atoms with van der Waals surface area (Å²) in [6, 6.07) is 15.2. The summed E-state index contributed by atoms with van der Waals surface area (Å²) in [6.45, 7) is 3.16. The third kappa shape index (κ3) is 5.65. The highest BCUT2D eigenvalue weighted by Gasteiger charge is 2.31. The van der Waals surface area contributed by atoms with Gasteiger partial charge in [-0.25, -0.2) is 0 Å². The summed E-state index contributed by atoms with van der Waals surface area (Å²) in [5.74, 6) is 6.07. The number of likely N-dealkylation sites (N-methyl/N-ethyl adjacent to an activating group) is 1. The van der Waals surface area contributed by atoms with Crippen LogP contribution >= 0.6 is 0 Å². The van der Waals surface area contributed by atoms with E-state index in [1.54, 1.807) is 64.5 Å². The summed E-state index contributed by atoms with van der Waals surface area (Å²) in [5, 5.41) is 12.6. The molecule has 1 aliphatic rings. The topological polar surface area (TPSA) is 101 Å². The Morgan fingerprint density at radius 3 is 2.61 bits per heavy atom. The molecule has 8 heteroatoms. The molecule has 0 spiro atoms. The van der Waals surface area contributed by atoms with Crippen molar-refractivity contribution in [1.29, 1.82) is 0 Å². The maximum absolute atomic E-state index is 13.2. The second-order valence-electron chi connectivity index (χ2n) is 8.88. The number of ether oxygens (including phenoxy) is 2. The molecule has 0 fully saturated rings. The van der Waals surface area contributed by atoms with Crippen LogP contribution in [0.3, 0.4) is 0 Å². The zero-order valence-electron chi connectivity index (χ0n) is 20.5. The summed E-state index contributed by atoms with van der Waals surface area (Å²) in [4.78, 5) is 31.8. The number of nitrogens with zero attached hydrogens (tertiary/aromatic N) is 2. The zero-order chi connectivity index (χ0) is 25.9. The maximum atomic E-state index is 13.2. The van der Waals surface area contributed by atoms with Crippen molar-refractivity contribution in [2.24, 2.45) is 0 Å². The van der Waals surface area contributed by atoms with E-state index < -0.39 is 17.6 Å². The van der Waals surface area contributed by atoms with Crippen LogP contribution in [0.15, 0.2) is 60.8 Å². The molecule has 0 saturated carbocycles. The molecule has 4 rings (SSSR count). The Labute approximate surface area is 209 Å². The first-order valence-electron chi connectivity index (χ1n) is 11.4. The number of nitrogens with one attached hydrogen (secondary N) is 1. The highest BCUT2D eigenvalue weighted by Crippen LogP contribution is 2.31. The van der Waals surface area contributed by atoms with E-state index in [0.29, 0.717) is 17.0 Å². The molecule has 2 amide bonds. The third-order valence-corrected chi connectivity index (χ3v) is 5.59. The molecule has 2 heterocycles. The molecule has 0 unspecified atom stereocenters. The maximum Gasteiger partial charge on any atom is 0.270 e. The number of benzene rings is 2. The summed E-state index contributed by atoms with van der Waals surface area (Å²) < 4.78 is 11.0. The molecule has 2 aromatic carbocycles. The van der Waals surface area contributed by atoms with Crippen LogP contribution in [0.5, 0.6) is 11.5 Å². The van der Waals surface area contributed by atoms with Crippen LogP contribution < -0.4 is 19.7 Å². The first kappa shape index (κ1) is 24.8. The average molecular weight is 486 g/mol. The number of carbonyl (C=O) groups is 2. The molecule has 1 aromatic heterocycles. The molecule has 184 valence electrons. The Hall–Kier alpha value is -4.35. The van der Waals surface area contributed by atoms with Crippen molar-refractivity contribution in [1.82, 2.24) is 10.3 Å². The molecule has 3 aromatic rings. The Bertz CT molecular complexity index is 1350. The van der Waals surface area contributed by atoms with Crippen LogP contribution in [0.1, 0.15) is 29.9 Å². The SMILES string of the molecule is COc1ccc(-c2ccnc(C(=O)N[C@@H]3COc4ccc(C#CC(C)(C)O)cc4N(C)C3=O)c2)cc1. The van der Waals surface area contributed by atoms with Gasteiger partial charge in [-0.05, 0) is 67.4 Å². The van der Waals surface area contributed by atoms with Gasteiger partial charge in [-0.3, -0.25) is 14.6 Å². The van der Waals surface area contributed by atoms with Gasteiger partial charge in [0.25, 0.3) is 11.8 Å². The van der Waals surface area contributed by atoms with Crippen LogP contribution in [-0.2, 0) is 4.79 Å². The first-order valence-corrected chi connectivity index (χ1v) is 11.4. The molecule has 1 aliphatic heterocycles. The van der Waals surface area contributed by atoms with Gasteiger partial charge in [-0.2, -0.15) is 0 Å². The second kappa shape index (κ2) is 10.1. The molecule has 36 heavy (non-hydrogen) atoms. The summed E-state index contributed by atoms with van der Waals surface area (Å²) in [7, 11) is 3.22. The quantitative estimate of drug-likeness (QED) is 0.551. The molecule has 0 bridgehead atoms. The number of methoxy groups -OCH3 is 1. The first-order chi connectivity index (χ1) is 17.1. The van der Waals surface area contributed by atoms with Crippen LogP contribution in [0.4, 0.5) is 5.69 Å². The van der Waals surface area contributed by atoms with Crippen LogP contribution in [0.2, 0.25) is 0 Å². The normalized spacial score (nSPS) is 15.1. The van der Waals surface area contributed by atoms with Gasteiger partial charge in [-0.1, -0.05) is 24.0 Å². The Morgan fingerprint density at radius 2 is 1.92 bits per heavy atom. The van der Waals surface area contributed by atoms with Crippen LogP contribution in [0, 0.1) is 11.8 Å². The summed E-state index contributed by atoms with van der Waals surface area (Å²) >= 11 is 0. The number of pyridine rings is 1. The van der Waals surface area contributed by atoms with Gasteiger partial charge < -0.3 is 24.8 Å². The number of hydrogen-bond donors (Lipinski definition) is 2. The van der Waals surface area contributed by atoms with Crippen molar-refractivity contribution in [2.75, 3.05) is 25.7 Å². The van der Waals surface area contributed by atoms with Gasteiger partial charge in [-0.15, -0.1) is 0 Å². The van der Waals surface area contributed by atoms with Gasteiger partial charge in [0.2, 0.25) is 0 Å². The minimum Gasteiger partial charge on any atom is -0.497 e. The number of fused-ring (bicyclic) bond motifs is 1. The highest BCUT2D eigenvalue weighted by atomic mass is 16.5. The molecule has 0 aliphatic carbocycles. The smallest absolute Gasteiger partial charge is 0.270 e. The Kier molecular flexibility index (Phi) is 6.95. The lowest BCUT2D eigenvalue weighted by Crippen LogP contribution is -2.49. The highest BCUT2D eigenvalue weighted by molar-refractivity contribution is 6.03. The van der Waals surface area contributed by atoms with Crippen molar-refractivity contribution in [3.63, 3.8) is 0 Å². The van der Waals surface area contributed by atoms with Crippen molar-refractivity contribution < 1.29 is 24.2 Å². The number of rotatable bonds is 4. The number of aliphatic hydroxyl groups is 1. The Balaban J connectivity index is 1.51. The summed E-state index contributed by atoms with van der Waals surface area (Å²) in [6.07, 6.45) is 1.55. The van der Waals surface area contributed by atoms with Gasteiger partial charge in [0.15, 0.2) is 0 Å². The lowest BCUT2D eigenvalue weighted by Gasteiger charge is -2.20. The van der Waals surface area contributed by atoms with Crippen LogP contribution in [-0.4, -0.2) is 54.3 Å². The number of carbonyl (C=O) groups excluding carboxylic acids is 2. The fourth-order valence-corrected chi connectivity index (χ4v) is 3.65.